The molecule has 0 radical (unpaired) electrons. The molecule has 0 unspecified atom stereocenters. The number of ether oxygens (including phenoxy) is 2. The zero-order chi connectivity index (χ0) is 25.0. The van der Waals surface area contributed by atoms with Gasteiger partial charge in [-0.3, -0.25) is 9.48 Å². The molecule has 6 nitrogen and oxygen atoms in total. The summed E-state index contributed by atoms with van der Waals surface area (Å²) < 4.78 is 12.7. The van der Waals surface area contributed by atoms with E-state index in [1.54, 1.807) is 18.9 Å². The molecule has 0 aliphatic rings. The Morgan fingerprint density at radius 3 is 2.37 bits per heavy atom. The third-order valence-electron chi connectivity index (χ3n) is 5.79. The standard InChI is InChI=1S/C29H31N3O3/c1-29(2,3)27-18-25(32(31-27)19-20-10-7-6-8-11-20)28(33)30-22-14-15-26(35-5)24(17-22)21-12-9-13-23(16-21)34-4/h6-18H,19H2,1-5H3,(H,30,33). The maximum absolute atomic E-state index is 13.4. The monoisotopic (exact) mass is 469 g/mol. The Bertz CT molecular complexity index is 1320. The van der Waals surface area contributed by atoms with E-state index in [2.05, 4.69) is 26.1 Å². The summed E-state index contributed by atoms with van der Waals surface area (Å²) in [7, 11) is 3.27. The number of nitrogens with zero attached hydrogens (tertiary/aromatic N) is 2. The van der Waals surface area contributed by atoms with Gasteiger partial charge in [0.25, 0.3) is 5.91 Å². The molecule has 0 saturated carbocycles. The first-order valence-electron chi connectivity index (χ1n) is 11.5. The summed E-state index contributed by atoms with van der Waals surface area (Å²) in [6.45, 7) is 6.78. The fourth-order valence-electron chi connectivity index (χ4n) is 3.84. The number of benzene rings is 3. The fraction of sp³-hybridized carbons (Fsp3) is 0.241. The highest BCUT2D eigenvalue weighted by Gasteiger charge is 2.23. The molecule has 0 aliphatic carbocycles. The number of aromatic nitrogens is 2. The minimum Gasteiger partial charge on any atom is -0.497 e. The van der Waals surface area contributed by atoms with Crippen molar-refractivity contribution < 1.29 is 14.3 Å². The van der Waals surface area contributed by atoms with Gasteiger partial charge in [0.1, 0.15) is 17.2 Å². The summed E-state index contributed by atoms with van der Waals surface area (Å²) in [6.07, 6.45) is 0. The molecule has 1 aromatic heterocycles. The van der Waals surface area contributed by atoms with Gasteiger partial charge >= 0.3 is 0 Å². The van der Waals surface area contributed by atoms with Gasteiger partial charge in [0.2, 0.25) is 0 Å². The fourth-order valence-corrected chi connectivity index (χ4v) is 3.84. The van der Waals surface area contributed by atoms with Gasteiger partial charge in [-0.2, -0.15) is 5.10 Å². The lowest BCUT2D eigenvalue weighted by molar-refractivity contribution is 0.101. The van der Waals surface area contributed by atoms with Crippen molar-refractivity contribution in [2.75, 3.05) is 19.5 Å². The lowest BCUT2D eigenvalue weighted by atomic mass is 9.92. The third-order valence-corrected chi connectivity index (χ3v) is 5.79. The van der Waals surface area contributed by atoms with Crippen LogP contribution in [0.15, 0.2) is 78.9 Å². The minimum absolute atomic E-state index is 0.184. The first-order chi connectivity index (χ1) is 16.8. The van der Waals surface area contributed by atoms with E-state index in [1.807, 2.05) is 78.9 Å². The van der Waals surface area contributed by atoms with Crippen LogP contribution in [0.3, 0.4) is 0 Å². The molecule has 0 fully saturated rings. The summed E-state index contributed by atoms with van der Waals surface area (Å²) in [5, 5.41) is 7.83. The highest BCUT2D eigenvalue weighted by molar-refractivity contribution is 6.03. The molecule has 6 heteroatoms. The summed E-state index contributed by atoms with van der Waals surface area (Å²) in [5.74, 6) is 1.24. The van der Waals surface area contributed by atoms with Crippen molar-refractivity contribution >= 4 is 11.6 Å². The van der Waals surface area contributed by atoms with Gasteiger partial charge in [-0.15, -0.1) is 0 Å². The smallest absolute Gasteiger partial charge is 0.273 e. The maximum Gasteiger partial charge on any atom is 0.273 e. The highest BCUT2D eigenvalue weighted by Crippen LogP contribution is 2.34. The number of rotatable bonds is 7. The van der Waals surface area contributed by atoms with Crippen LogP contribution in [-0.2, 0) is 12.0 Å². The Hall–Kier alpha value is -4.06. The number of anilines is 1. The predicted octanol–water partition coefficient (Wildman–Crippen LogP) is 6.17. The van der Waals surface area contributed by atoms with Crippen LogP contribution in [0.2, 0.25) is 0 Å². The lowest BCUT2D eigenvalue weighted by Crippen LogP contribution is -2.18. The average molecular weight is 470 g/mol. The predicted molar refractivity (Wildman–Crippen MR) is 139 cm³/mol. The third kappa shape index (κ3) is 5.54. The van der Waals surface area contributed by atoms with Gasteiger partial charge in [0.15, 0.2) is 0 Å². The Kier molecular flexibility index (Phi) is 6.92. The Morgan fingerprint density at radius 2 is 1.69 bits per heavy atom. The second-order valence-corrected chi connectivity index (χ2v) is 9.41. The van der Waals surface area contributed by atoms with Crippen LogP contribution in [-0.4, -0.2) is 29.9 Å². The van der Waals surface area contributed by atoms with Crippen molar-refractivity contribution in [3.05, 3.63) is 95.8 Å². The molecule has 0 saturated heterocycles. The first-order valence-corrected chi connectivity index (χ1v) is 11.5. The van der Waals surface area contributed by atoms with Gasteiger partial charge in [0.05, 0.1) is 26.5 Å². The Balaban J connectivity index is 1.67. The van der Waals surface area contributed by atoms with E-state index in [4.69, 9.17) is 14.6 Å². The van der Waals surface area contributed by atoms with Gasteiger partial charge < -0.3 is 14.8 Å². The summed E-state index contributed by atoms with van der Waals surface area (Å²) in [6, 6.07) is 25.2. The van der Waals surface area contributed by atoms with E-state index >= 15 is 0 Å². The average Bonchev–Trinajstić information content (AvgIpc) is 3.29. The second-order valence-electron chi connectivity index (χ2n) is 9.41. The lowest BCUT2D eigenvalue weighted by Gasteiger charge is -2.14. The zero-order valence-electron chi connectivity index (χ0n) is 20.8. The molecule has 0 spiro atoms. The van der Waals surface area contributed by atoms with E-state index in [1.165, 1.54) is 0 Å². The van der Waals surface area contributed by atoms with Crippen LogP contribution in [0, 0.1) is 0 Å². The largest absolute Gasteiger partial charge is 0.497 e. The molecular formula is C29H31N3O3. The van der Waals surface area contributed by atoms with Crippen LogP contribution in [0.25, 0.3) is 11.1 Å². The normalized spacial score (nSPS) is 11.2. The van der Waals surface area contributed by atoms with Crippen molar-refractivity contribution in [2.45, 2.75) is 32.7 Å². The van der Waals surface area contributed by atoms with Crippen molar-refractivity contribution in [2.24, 2.45) is 0 Å². The Morgan fingerprint density at radius 1 is 0.914 bits per heavy atom. The van der Waals surface area contributed by atoms with E-state index in [0.717, 1.165) is 28.1 Å². The second kappa shape index (κ2) is 10.1. The van der Waals surface area contributed by atoms with Crippen molar-refractivity contribution in [3.63, 3.8) is 0 Å². The molecule has 1 N–H and O–H groups in total. The van der Waals surface area contributed by atoms with Crippen molar-refractivity contribution in [1.82, 2.24) is 9.78 Å². The number of carbonyl (C=O) groups is 1. The van der Waals surface area contributed by atoms with Gasteiger partial charge in [-0.1, -0.05) is 63.2 Å². The molecule has 4 aromatic rings. The van der Waals surface area contributed by atoms with Gasteiger partial charge in [-0.05, 0) is 47.5 Å². The van der Waals surface area contributed by atoms with E-state index in [9.17, 15) is 4.79 Å². The van der Waals surface area contributed by atoms with Crippen LogP contribution < -0.4 is 14.8 Å². The van der Waals surface area contributed by atoms with Crippen LogP contribution in [0.4, 0.5) is 5.69 Å². The van der Waals surface area contributed by atoms with E-state index in [0.29, 0.717) is 23.7 Å². The molecule has 1 amide bonds. The van der Waals surface area contributed by atoms with Gasteiger partial charge in [0, 0.05) is 16.7 Å². The van der Waals surface area contributed by atoms with E-state index < -0.39 is 0 Å². The summed E-state index contributed by atoms with van der Waals surface area (Å²) in [4.78, 5) is 13.4. The molecule has 35 heavy (non-hydrogen) atoms. The van der Waals surface area contributed by atoms with Crippen LogP contribution in [0.1, 0.15) is 42.5 Å². The number of hydrogen-bond acceptors (Lipinski definition) is 4. The SMILES string of the molecule is COc1cccc(-c2cc(NC(=O)c3cc(C(C)(C)C)nn3Cc3ccccc3)ccc2OC)c1. The highest BCUT2D eigenvalue weighted by atomic mass is 16.5. The molecule has 4 rings (SSSR count). The van der Waals surface area contributed by atoms with Crippen LogP contribution >= 0.6 is 0 Å². The van der Waals surface area contributed by atoms with Crippen molar-refractivity contribution in [3.8, 4) is 22.6 Å². The molecule has 1 heterocycles. The molecule has 0 atom stereocenters. The quantitative estimate of drug-likeness (QED) is 0.352. The molecule has 0 bridgehead atoms. The Labute approximate surface area is 206 Å². The molecule has 0 aliphatic heterocycles. The number of methoxy groups -OCH3 is 2. The number of nitrogens with one attached hydrogen (secondary N) is 1. The van der Waals surface area contributed by atoms with Gasteiger partial charge in [-0.25, -0.2) is 0 Å². The zero-order valence-corrected chi connectivity index (χ0v) is 20.8. The summed E-state index contributed by atoms with van der Waals surface area (Å²) >= 11 is 0. The summed E-state index contributed by atoms with van der Waals surface area (Å²) in [5.41, 5.74) is 4.73. The number of hydrogen-bond donors (Lipinski definition) is 1. The minimum atomic E-state index is -0.217. The molecular weight excluding hydrogens is 438 g/mol. The maximum atomic E-state index is 13.4. The van der Waals surface area contributed by atoms with E-state index in [-0.39, 0.29) is 11.3 Å². The molecule has 3 aromatic carbocycles. The topological polar surface area (TPSA) is 65.4 Å². The van der Waals surface area contributed by atoms with Crippen molar-refractivity contribution in [1.29, 1.82) is 0 Å². The number of amides is 1. The van der Waals surface area contributed by atoms with Crippen LogP contribution in [0.5, 0.6) is 11.5 Å². The number of carbonyl (C=O) groups excluding carboxylic acids is 1. The first kappa shape index (κ1) is 24.1. The molecule has 180 valence electrons.